The number of hydrogen-bond donors (Lipinski definition) is 0. The van der Waals surface area contributed by atoms with Crippen molar-refractivity contribution in [3.63, 3.8) is 0 Å². The van der Waals surface area contributed by atoms with E-state index in [-0.39, 0.29) is 13.4 Å². The van der Waals surface area contributed by atoms with Gasteiger partial charge in [-0.15, -0.1) is 0 Å². The third-order valence-corrected chi connectivity index (χ3v) is 22.4. The Bertz CT molecular complexity index is 3660. The molecule has 0 amide bonds. The van der Waals surface area contributed by atoms with Gasteiger partial charge in [-0.1, -0.05) is 293 Å². The molecule has 0 saturated heterocycles. The lowest BCUT2D eigenvalue weighted by Crippen LogP contribution is -2.76. The average Bonchev–Trinajstić information content (AvgIpc) is 3.42. The zero-order chi connectivity index (χ0) is 55.4. The van der Waals surface area contributed by atoms with E-state index in [0.29, 0.717) is 35.5 Å². The van der Waals surface area contributed by atoms with Crippen molar-refractivity contribution >= 4 is 81.7 Å². The van der Waals surface area contributed by atoms with Gasteiger partial charge in [-0.25, -0.2) is 0 Å². The fourth-order valence-electron chi connectivity index (χ4n) is 14.9. The maximum atomic E-state index is 2.62. The Morgan fingerprint density at radius 1 is 0.342 bits per heavy atom. The molecule has 394 valence electrons. The van der Waals surface area contributed by atoms with Crippen LogP contribution in [-0.2, 0) is 5.41 Å². The molecular weight excluding hydrogens is 965 g/mol. The lowest BCUT2D eigenvalue weighted by Gasteiger charge is -2.52. The molecule has 0 fully saturated rings. The van der Waals surface area contributed by atoms with Crippen LogP contribution in [0.2, 0.25) is 13.1 Å². The van der Waals surface area contributed by atoms with Gasteiger partial charge in [0.15, 0.2) is 0 Å². The summed E-state index contributed by atoms with van der Waals surface area (Å²) in [5.41, 5.74) is 28.8. The summed E-state index contributed by atoms with van der Waals surface area (Å²) in [6.45, 7) is 34.0. The van der Waals surface area contributed by atoms with Gasteiger partial charge in [-0.3, -0.25) is 0 Å². The Morgan fingerprint density at radius 2 is 0.696 bits per heavy atom. The molecule has 0 bridgehead atoms. The monoisotopic (exact) mass is 1040 g/mol. The minimum absolute atomic E-state index is 0.0644. The van der Waals surface area contributed by atoms with Gasteiger partial charge in [0.2, 0.25) is 13.4 Å². The van der Waals surface area contributed by atoms with Crippen LogP contribution in [0, 0.1) is 0 Å². The summed E-state index contributed by atoms with van der Waals surface area (Å²) in [5.74, 6) is 2.34. The van der Waals surface area contributed by atoms with Gasteiger partial charge in [-0.2, -0.15) is 0 Å². The zero-order valence-corrected chi connectivity index (χ0v) is 50.5. The number of anilines is 3. The van der Waals surface area contributed by atoms with Crippen molar-refractivity contribution in [1.82, 2.24) is 0 Å². The molecule has 0 N–H and O–H groups in total. The van der Waals surface area contributed by atoms with Crippen molar-refractivity contribution < 1.29 is 0 Å². The van der Waals surface area contributed by atoms with Crippen LogP contribution in [0.15, 0.2) is 188 Å². The Balaban J connectivity index is 1.06. The number of fused-ring (bicyclic) bond motifs is 10. The number of hydrogen-bond acceptors (Lipinski definition) is 1. The van der Waals surface area contributed by atoms with E-state index in [1.165, 1.54) is 121 Å². The average molecular weight is 1040 g/mol. The molecule has 0 saturated carbocycles. The van der Waals surface area contributed by atoms with Gasteiger partial charge in [0.05, 0.1) is 16.8 Å². The van der Waals surface area contributed by atoms with Crippen molar-refractivity contribution in [2.75, 3.05) is 4.90 Å². The second-order valence-corrected chi connectivity index (χ2v) is 30.2. The molecule has 4 heteroatoms. The predicted molar refractivity (Wildman–Crippen MR) is 348 cm³/mol. The molecule has 0 atom stereocenters. The van der Waals surface area contributed by atoms with Crippen molar-refractivity contribution in [1.29, 1.82) is 0 Å². The maximum Gasteiger partial charge on any atom is 0.240 e. The van der Waals surface area contributed by atoms with Crippen molar-refractivity contribution in [3.05, 3.63) is 244 Å². The summed E-state index contributed by atoms with van der Waals surface area (Å²) < 4.78 is 0. The van der Waals surface area contributed by atoms with Crippen LogP contribution < -0.4 is 48.1 Å². The summed E-state index contributed by atoms with van der Waals surface area (Å²) >= 11 is 0. The van der Waals surface area contributed by atoms with E-state index in [0.717, 1.165) is 5.69 Å². The Kier molecular flexibility index (Phi) is 13.4. The third kappa shape index (κ3) is 8.24. The van der Waals surface area contributed by atoms with E-state index in [2.05, 4.69) is 289 Å². The van der Waals surface area contributed by atoms with Gasteiger partial charge >= 0.3 is 0 Å². The standard InChI is InChI=1S/C75H79B2NSi/c1-46(2)54-41-57(48(5)6)73(58(42-54)49(7)8)76-65-29-19-20-30-66(65)77(74-59(50(9)10)43-55(47(3)4)44-60(74)51(11)12)68-45-53(37-40-67(68)76)52-35-38-56(39-36-52)78-69-31-21-15-25-61(69)75(62-26-16-22-32-70(62)78)63-27-17-23-33-71(63)79(13,14)72-34-24-18-28-64(72)75/h15-51H,1-14H3. The molecule has 1 nitrogen and oxygen atoms in total. The first kappa shape index (κ1) is 52.8. The molecule has 79 heavy (non-hydrogen) atoms. The molecule has 0 unspecified atom stereocenters. The zero-order valence-electron chi connectivity index (χ0n) is 49.5. The Morgan fingerprint density at radius 3 is 1.11 bits per heavy atom. The Hall–Kier alpha value is -6.87. The lowest BCUT2D eigenvalue weighted by molar-refractivity contribution is 0.735. The minimum atomic E-state index is -2.03. The SMILES string of the molecule is CC(C)c1cc(C(C)C)c(B2c3ccccc3B(c3c(C(C)C)cc(C(C)C)cc3C(C)C)c3cc(-c4ccc(N5c6ccccc6C6(c7ccccc75)c5ccccc5[Si](C)(C)c5ccccc56)cc4)ccc32)c(C(C)C)c1. The molecule has 9 aromatic rings. The first-order valence-corrected chi connectivity index (χ1v) is 32.8. The maximum absolute atomic E-state index is 2.62. The minimum Gasteiger partial charge on any atom is -0.310 e. The normalized spacial score (nSPS) is 14.8. The van der Waals surface area contributed by atoms with Crippen molar-refractivity contribution in [3.8, 4) is 11.1 Å². The fraction of sp³-hybridized carbons (Fsp3) is 0.280. The van der Waals surface area contributed by atoms with Crippen molar-refractivity contribution in [2.45, 2.75) is 137 Å². The second kappa shape index (κ2) is 20.0. The molecule has 12 rings (SSSR count). The van der Waals surface area contributed by atoms with Crippen LogP contribution in [0.5, 0.6) is 0 Å². The van der Waals surface area contributed by atoms with Gasteiger partial charge in [0.1, 0.15) is 8.07 Å². The summed E-state index contributed by atoms with van der Waals surface area (Å²) in [5, 5.41) is 3.05. The number of rotatable bonds is 10. The van der Waals surface area contributed by atoms with Crippen molar-refractivity contribution in [2.24, 2.45) is 0 Å². The third-order valence-electron chi connectivity index (χ3n) is 18.8. The van der Waals surface area contributed by atoms with Crippen LogP contribution in [-0.4, -0.2) is 21.5 Å². The topological polar surface area (TPSA) is 3.24 Å². The summed E-state index contributed by atoms with van der Waals surface area (Å²) in [7, 11) is -2.03. The molecule has 0 aromatic heterocycles. The highest BCUT2D eigenvalue weighted by Gasteiger charge is 2.54. The van der Waals surface area contributed by atoms with E-state index < -0.39 is 13.5 Å². The molecule has 3 aliphatic rings. The van der Waals surface area contributed by atoms with Gasteiger partial charge in [-0.05, 0) is 137 Å². The molecule has 3 heterocycles. The smallest absolute Gasteiger partial charge is 0.240 e. The summed E-state index contributed by atoms with van der Waals surface area (Å²) in [4.78, 5) is 2.54. The van der Waals surface area contributed by atoms with Crippen LogP contribution >= 0.6 is 0 Å². The van der Waals surface area contributed by atoms with E-state index in [9.17, 15) is 0 Å². The van der Waals surface area contributed by atoms with E-state index in [4.69, 9.17) is 0 Å². The molecular formula is C75H79B2NSi. The Labute approximate surface area is 475 Å². The number of para-hydroxylation sites is 2. The predicted octanol–water partition coefficient (Wildman–Crippen LogP) is 14.7. The van der Waals surface area contributed by atoms with Crippen LogP contribution in [0.4, 0.5) is 17.1 Å². The largest absolute Gasteiger partial charge is 0.310 e. The van der Waals surface area contributed by atoms with Gasteiger partial charge in [0, 0.05) is 5.69 Å². The van der Waals surface area contributed by atoms with Crippen LogP contribution in [0.1, 0.15) is 174 Å². The van der Waals surface area contributed by atoms with Crippen LogP contribution in [0.3, 0.4) is 0 Å². The summed E-state index contributed by atoms with van der Waals surface area (Å²) in [6.07, 6.45) is 0. The lowest BCUT2D eigenvalue weighted by atomic mass is 9.20. The quantitative estimate of drug-likeness (QED) is 0.123. The second-order valence-electron chi connectivity index (χ2n) is 25.9. The van der Waals surface area contributed by atoms with Gasteiger partial charge < -0.3 is 4.90 Å². The highest BCUT2D eigenvalue weighted by molar-refractivity contribution is 7.11. The van der Waals surface area contributed by atoms with Gasteiger partial charge in [0.25, 0.3) is 0 Å². The van der Waals surface area contributed by atoms with E-state index in [1.807, 2.05) is 0 Å². The molecule has 9 aromatic carbocycles. The molecule has 3 aliphatic heterocycles. The molecule has 0 aliphatic carbocycles. The highest BCUT2D eigenvalue weighted by Crippen LogP contribution is 2.58. The first-order chi connectivity index (χ1) is 37.9. The first-order valence-electron chi connectivity index (χ1n) is 29.8. The number of benzene rings is 9. The molecule has 1 spiro atoms. The van der Waals surface area contributed by atoms with E-state index in [1.54, 1.807) is 0 Å². The van der Waals surface area contributed by atoms with E-state index >= 15 is 0 Å². The highest BCUT2D eigenvalue weighted by atomic mass is 28.3. The fourth-order valence-corrected chi connectivity index (χ4v) is 18.1. The molecule has 0 radical (unpaired) electrons. The number of nitrogens with zero attached hydrogens (tertiary/aromatic N) is 1. The summed E-state index contributed by atoms with van der Waals surface area (Å²) in [6, 6.07) is 74.3. The van der Waals surface area contributed by atoms with Crippen LogP contribution in [0.25, 0.3) is 11.1 Å².